The van der Waals surface area contributed by atoms with Crippen molar-refractivity contribution in [3.05, 3.63) is 47.5 Å². The summed E-state index contributed by atoms with van der Waals surface area (Å²) in [6, 6.07) is 4.17. The number of amides is 2. The molecule has 0 radical (unpaired) electrons. The van der Waals surface area contributed by atoms with Crippen molar-refractivity contribution >= 4 is 46.7 Å². The number of nitrogens with one attached hydrogen (secondary N) is 2. The van der Waals surface area contributed by atoms with Gasteiger partial charge in [-0.1, -0.05) is 11.6 Å². The number of aliphatic carboxylic acids is 2. The van der Waals surface area contributed by atoms with Gasteiger partial charge in [-0.25, -0.2) is 9.59 Å². The number of carbonyl (C=O) groups excluding carboxylic acids is 2. The van der Waals surface area contributed by atoms with Crippen LogP contribution in [0.5, 0.6) is 0 Å². The minimum absolute atomic E-state index is 0.145. The SMILES string of the molecule is O=C(O)C=CC(=O)Nc1ccc(Cl)c(NC(=O)C=CC(=O)O)c1. The second kappa shape index (κ2) is 8.35. The van der Waals surface area contributed by atoms with E-state index in [0.717, 1.165) is 12.2 Å². The Morgan fingerprint density at radius 2 is 1.39 bits per heavy atom. The van der Waals surface area contributed by atoms with Gasteiger partial charge in [-0.3, -0.25) is 9.59 Å². The molecular formula is C14H11ClN2O6. The highest BCUT2D eigenvalue weighted by atomic mass is 35.5. The van der Waals surface area contributed by atoms with Crippen LogP contribution in [0.1, 0.15) is 0 Å². The van der Waals surface area contributed by atoms with Crippen molar-refractivity contribution in [1.82, 2.24) is 0 Å². The average Bonchev–Trinajstić information content (AvgIpc) is 2.46. The predicted octanol–water partition coefficient (Wildman–Crippen LogP) is 1.50. The van der Waals surface area contributed by atoms with Gasteiger partial charge in [0, 0.05) is 30.0 Å². The minimum atomic E-state index is -1.28. The molecule has 9 heteroatoms. The van der Waals surface area contributed by atoms with Crippen LogP contribution < -0.4 is 10.6 Å². The quantitative estimate of drug-likeness (QED) is 0.581. The number of benzene rings is 1. The molecule has 0 saturated carbocycles. The van der Waals surface area contributed by atoms with Gasteiger partial charge in [0.15, 0.2) is 0 Å². The molecular weight excluding hydrogens is 328 g/mol. The average molecular weight is 339 g/mol. The van der Waals surface area contributed by atoms with Crippen molar-refractivity contribution in [1.29, 1.82) is 0 Å². The lowest BCUT2D eigenvalue weighted by atomic mass is 10.2. The number of rotatable bonds is 6. The Bertz CT molecular complexity index is 711. The molecule has 8 nitrogen and oxygen atoms in total. The summed E-state index contributed by atoms with van der Waals surface area (Å²) in [5.74, 6) is -3.95. The lowest BCUT2D eigenvalue weighted by Gasteiger charge is -2.08. The first kappa shape index (κ1) is 17.9. The molecule has 0 aromatic heterocycles. The smallest absolute Gasteiger partial charge is 0.328 e. The molecule has 0 aliphatic heterocycles. The van der Waals surface area contributed by atoms with E-state index in [-0.39, 0.29) is 16.4 Å². The molecule has 0 unspecified atom stereocenters. The zero-order valence-corrected chi connectivity index (χ0v) is 12.2. The Hall–Kier alpha value is -3.13. The number of hydrogen-bond acceptors (Lipinski definition) is 4. The van der Waals surface area contributed by atoms with Crippen LogP contribution in [0.2, 0.25) is 5.02 Å². The Balaban J connectivity index is 2.83. The summed E-state index contributed by atoms with van der Waals surface area (Å²) in [6.07, 6.45) is 2.96. The number of carboxylic acids is 2. The summed E-state index contributed by atoms with van der Waals surface area (Å²) in [5, 5.41) is 21.7. The molecule has 0 heterocycles. The van der Waals surface area contributed by atoms with Crippen molar-refractivity contribution in [2.75, 3.05) is 10.6 Å². The molecule has 0 aliphatic rings. The Kier molecular flexibility index (Phi) is 6.50. The highest BCUT2D eigenvalue weighted by Crippen LogP contribution is 2.25. The maximum absolute atomic E-state index is 11.5. The van der Waals surface area contributed by atoms with Crippen LogP contribution in [-0.2, 0) is 19.2 Å². The van der Waals surface area contributed by atoms with Gasteiger partial charge in [-0.15, -0.1) is 0 Å². The van der Waals surface area contributed by atoms with Crippen LogP contribution in [0.4, 0.5) is 11.4 Å². The molecule has 1 aromatic carbocycles. The van der Waals surface area contributed by atoms with Crippen LogP contribution in [0.15, 0.2) is 42.5 Å². The molecule has 4 N–H and O–H groups in total. The fourth-order valence-electron chi connectivity index (χ4n) is 1.35. The number of carbonyl (C=O) groups is 4. The summed E-state index contributed by atoms with van der Waals surface area (Å²) in [7, 11) is 0. The maximum Gasteiger partial charge on any atom is 0.328 e. The molecule has 1 rings (SSSR count). The Morgan fingerprint density at radius 1 is 0.870 bits per heavy atom. The van der Waals surface area contributed by atoms with Crippen molar-refractivity contribution in [2.45, 2.75) is 0 Å². The van der Waals surface area contributed by atoms with E-state index in [1.54, 1.807) is 0 Å². The molecule has 0 saturated heterocycles. The van der Waals surface area contributed by atoms with E-state index in [2.05, 4.69) is 10.6 Å². The van der Waals surface area contributed by atoms with Crippen LogP contribution in [0.3, 0.4) is 0 Å². The third kappa shape index (κ3) is 6.91. The van der Waals surface area contributed by atoms with Gasteiger partial charge in [0.25, 0.3) is 0 Å². The first-order chi connectivity index (χ1) is 10.8. The zero-order valence-electron chi connectivity index (χ0n) is 11.4. The molecule has 0 fully saturated rings. The van der Waals surface area contributed by atoms with Crippen LogP contribution >= 0.6 is 11.6 Å². The zero-order chi connectivity index (χ0) is 17.4. The summed E-state index contributed by atoms with van der Waals surface area (Å²) in [4.78, 5) is 43.6. The molecule has 0 atom stereocenters. The molecule has 1 aromatic rings. The van der Waals surface area contributed by atoms with Gasteiger partial charge in [0.2, 0.25) is 11.8 Å². The van der Waals surface area contributed by atoms with Gasteiger partial charge < -0.3 is 20.8 Å². The van der Waals surface area contributed by atoms with Gasteiger partial charge in [-0.2, -0.15) is 0 Å². The first-order valence-corrected chi connectivity index (χ1v) is 6.39. The number of anilines is 2. The van der Waals surface area contributed by atoms with E-state index >= 15 is 0 Å². The topological polar surface area (TPSA) is 133 Å². The van der Waals surface area contributed by atoms with E-state index in [4.69, 9.17) is 21.8 Å². The normalized spacial score (nSPS) is 10.7. The summed E-state index contributed by atoms with van der Waals surface area (Å²) >= 11 is 5.88. The van der Waals surface area contributed by atoms with Crippen molar-refractivity contribution in [3.63, 3.8) is 0 Å². The van der Waals surface area contributed by atoms with Gasteiger partial charge >= 0.3 is 11.9 Å². The molecule has 2 amide bonds. The van der Waals surface area contributed by atoms with E-state index < -0.39 is 23.8 Å². The number of hydrogen-bond donors (Lipinski definition) is 4. The lowest BCUT2D eigenvalue weighted by molar-refractivity contribution is -0.132. The first-order valence-electron chi connectivity index (χ1n) is 6.01. The maximum atomic E-state index is 11.5. The van der Waals surface area contributed by atoms with Crippen LogP contribution in [0, 0.1) is 0 Å². The lowest BCUT2D eigenvalue weighted by Crippen LogP contribution is -2.11. The third-order valence-electron chi connectivity index (χ3n) is 2.25. The largest absolute Gasteiger partial charge is 0.478 e. The fourth-order valence-corrected chi connectivity index (χ4v) is 1.52. The summed E-state index contributed by atoms with van der Waals surface area (Å²) < 4.78 is 0. The fraction of sp³-hybridized carbons (Fsp3) is 0. The molecule has 23 heavy (non-hydrogen) atoms. The van der Waals surface area contributed by atoms with Gasteiger partial charge in [-0.05, 0) is 18.2 Å². The standard InChI is InChI=1S/C14H11ClN2O6/c15-9-2-1-8(16-11(18)3-5-13(20)21)7-10(9)17-12(19)4-6-14(22)23/h1-7H,(H,16,18)(H,17,19)(H,20,21)(H,22,23). The number of halogens is 1. The van der Waals surface area contributed by atoms with Crippen molar-refractivity contribution < 1.29 is 29.4 Å². The second-order valence-electron chi connectivity index (χ2n) is 4.02. The van der Waals surface area contributed by atoms with Gasteiger partial charge in [0.05, 0.1) is 10.7 Å². The molecule has 120 valence electrons. The second-order valence-corrected chi connectivity index (χ2v) is 4.42. The minimum Gasteiger partial charge on any atom is -0.478 e. The summed E-state index contributed by atoms with van der Waals surface area (Å²) in [6.45, 7) is 0. The van der Waals surface area contributed by atoms with Crippen molar-refractivity contribution in [2.24, 2.45) is 0 Å². The third-order valence-corrected chi connectivity index (χ3v) is 2.58. The van der Waals surface area contributed by atoms with E-state index in [0.29, 0.717) is 12.2 Å². The Labute approximate surface area is 135 Å². The summed E-state index contributed by atoms with van der Waals surface area (Å²) in [5.41, 5.74) is 0.402. The predicted molar refractivity (Wildman–Crippen MR) is 82.3 cm³/mol. The highest BCUT2D eigenvalue weighted by Gasteiger charge is 2.07. The van der Waals surface area contributed by atoms with E-state index in [9.17, 15) is 19.2 Å². The highest BCUT2D eigenvalue weighted by molar-refractivity contribution is 6.34. The van der Waals surface area contributed by atoms with Crippen LogP contribution in [0.25, 0.3) is 0 Å². The molecule has 0 aliphatic carbocycles. The van der Waals surface area contributed by atoms with E-state index in [1.165, 1.54) is 18.2 Å². The molecule has 0 spiro atoms. The van der Waals surface area contributed by atoms with Gasteiger partial charge in [0.1, 0.15) is 0 Å². The Morgan fingerprint density at radius 3 is 1.91 bits per heavy atom. The monoisotopic (exact) mass is 338 g/mol. The van der Waals surface area contributed by atoms with E-state index in [1.807, 2.05) is 0 Å². The van der Waals surface area contributed by atoms with Crippen LogP contribution in [-0.4, -0.2) is 34.0 Å². The molecule has 0 bridgehead atoms. The number of carboxylic acid groups (broad SMARTS) is 2. The van der Waals surface area contributed by atoms with Crippen molar-refractivity contribution in [3.8, 4) is 0 Å².